The Balaban J connectivity index is 1.46. The molecule has 1 fully saturated rings. The number of hydrogen-bond acceptors (Lipinski definition) is 4. The number of hydrogen-bond donors (Lipinski definition) is 1. The molecule has 0 bridgehead atoms. The highest BCUT2D eigenvalue weighted by Crippen LogP contribution is 2.31. The maximum Gasteiger partial charge on any atom is 0.132 e. The van der Waals surface area contributed by atoms with Crippen LogP contribution in [0.5, 0.6) is 0 Å². The Bertz CT molecular complexity index is 1210. The molecule has 0 unspecified atom stereocenters. The van der Waals surface area contributed by atoms with Crippen molar-refractivity contribution >= 4 is 0 Å². The van der Waals surface area contributed by atoms with E-state index in [1.165, 1.54) is 6.07 Å². The first-order valence-electron chi connectivity index (χ1n) is 11.8. The van der Waals surface area contributed by atoms with E-state index in [4.69, 9.17) is 5.10 Å². The molecule has 1 N–H and O–H groups in total. The Morgan fingerprint density at radius 1 is 0.765 bits per heavy atom. The highest BCUT2D eigenvalue weighted by Gasteiger charge is 2.22. The number of aliphatic hydroxyl groups is 1. The van der Waals surface area contributed by atoms with Gasteiger partial charge in [-0.2, -0.15) is 5.10 Å². The van der Waals surface area contributed by atoms with Gasteiger partial charge < -0.3 is 5.11 Å². The van der Waals surface area contributed by atoms with Crippen molar-refractivity contribution < 1.29 is 9.50 Å². The molecule has 0 radical (unpaired) electrons. The summed E-state index contributed by atoms with van der Waals surface area (Å²) in [6, 6.07) is 25.4. The first-order valence-corrected chi connectivity index (χ1v) is 11.8. The van der Waals surface area contributed by atoms with Crippen LogP contribution in [0.3, 0.4) is 0 Å². The molecule has 5 rings (SSSR count). The summed E-state index contributed by atoms with van der Waals surface area (Å²) < 4.78 is 16.8. The lowest BCUT2D eigenvalue weighted by Gasteiger charge is -2.34. The maximum absolute atomic E-state index is 14.9. The number of benzene rings is 3. The van der Waals surface area contributed by atoms with Crippen molar-refractivity contribution in [3.8, 4) is 28.1 Å². The fraction of sp³-hybridized carbons (Fsp3) is 0.250. The summed E-state index contributed by atoms with van der Waals surface area (Å²) in [5.74, 6) is -0.251. The molecule has 0 atom stereocenters. The lowest BCUT2D eigenvalue weighted by molar-refractivity contribution is 0.108. The number of aromatic nitrogens is 2. The van der Waals surface area contributed by atoms with Crippen molar-refractivity contribution in [3.05, 3.63) is 96.4 Å². The van der Waals surface area contributed by atoms with Crippen molar-refractivity contribution in [1.82, 2.24) is 19.6 Å². The Kier molecular flexibility index (Phi) is 6.81. The molecule has 3 aromatic carbocycles. The Morgan fingerprint density at radius 2 is 1.41 bits per heavy atom. The van der Waals surface area contributed by atoms with E-state index in [1.807, 2.05) is 53.3 Å². The molecular formula is C28H29FN4O. The van der Waals surface area contributed by atoms with Gasteiger partial charge in [-0.1, -0.05) is 54.6 Å². The Labute approximate surface area is 199 Å². The van der Waals surface area contributed by atoms with Gasteiger partial charge in [0.25, 0.3) is 0 Å². The quantitative estimate of drug-likeness (QED) is 0.446. The fourth-order valence-corrected chi connectivity index (χ4v) is 4.61. The molecule has 1 aliphatic rings. The third kappa shape index (κ3) is 4.80. The van der Waals surface area contributed by atoms with Gasteiger partial charge in [0.05, 0.1) is 24.2 Å². The molecule has 1 aromatic heterocycles. The van der Waals surface area contributed by atoms with Crippen molar-refractivity contribution in [3.63, 3.8) is 0 Å². The second-order valence-corrected chi connectivity index (χ2v) is 8.66. The van der Waals surface area contributed by atoms with Gasteiger partial charge in [-0.05, 0) is 35.4 Å². The van der Waals surface area contributed by atoms with E-state index < -0.39 is 0 Å². The minimum Gasteiger partial charge on any atom is -0.395 e. The molecule has 5 nitrogen and oxygen atoms in total. The van der Waals surface area contributed by atoms with E-state index in [2.05, 4.69) is 34.1 Å². The van der Waals surface area contributed by atoms with Crippen molar-refractivity contribution in [2.45, 2.75) is 6.54 Å². The zero-order chi connectivity index (χ0) is 23.3. The number of piperazine rings is 1. The van der Waals surface area contributed by atoms with E-state index in [9.17, 15) is 9.50 Å². The van der Waals surface area contributed by atoms with Crippen LogP contribution in [0, 0.1) is 5.82 Å². The minimum absolute atomic E-state index is 0.188. The first-order chi connectivity index (χ1) is 16.7. The first kappa shape index (κ1) is 22.5. The molecule has 34 heavy (non-hydrogen) atoms. The average Bonchev–Trinajstić information content (AvgIpc) is 3.29. The molecule has 0 aliphatic carbocycles. The summed E-state index contributed by atoms with van der Waals surface area (Å²) in [4.78, 5) is 4.64. The number of aliphatic hydroxyl groups excluding tert-OH is 1. The van der Waals surface area contributed by atoms with E-state index in [1.54, 1.807) is 6.07 Å². The lowest BCUT2D eigenvalue weighted by Crippen LogP contribution is -2.46. The Morgan fingerprint density at radius 3 is 2.12 bits per heavy atom. The third-order valence-corrected chi connectivity index (χ3v) is 6.47. The van der Waals surface area contributed by atoms with Gasteiger partial charge in [0, 0.05) is 50.4 Å². The fourth-order valence-electron chi connectivity index (χ4n) is 4.61. The van der Waals surface area contributed by atoms with Gasteiger partial charge in [0.15, 0.2) is 0 Å². The maximum atomic E-state index is 14.9. The molecular weight excluding hydrogens is 427 g/mol. The Hall–Kier alpha value is -3.32. The SMILES string of the molecule is OCCN1CCN(Cc2cnn(-c3ccc(-c4ccccc4)cc3)c2-c2ccccc2F)CC1. The molecule has 0 amide bonds. The van der Waals surface area contributed by atoms with E-state index in [0.29, 0.717) is 18.7 Å². The molecule has 1 aliphatic heterocycles. The number of halogens is 1. The standard InChI is InChI=1S/C28H29FN4O/c29-27-9-5-4-8-26(27)28-24(21-32-16-14-31(15-17-32)18-19-34)20-30-33(28)25-12-10-23(11-13-25)22-6-2-1-3-7-22/h1-13,20,34H,14-19,21H2. The largest absolute Gasteiger partial charge is 0.395 e. The lowest BCUT2D eigenvalue weighted by atomic mass is 10.0. The highest BCUT2D eigenvalue weighted by atomic mass is 19.1. The highest BCUT2D eigenvalue weighted by molar-refractivity contribution is 5.68. The van der Waals surface area contributed by atoms with Crippen molar-refractivity contribution in [2.24, 2.45) is 0 Å². The van der Waals surface area contributed by atoms with Crippen LogP contribution in [0.25, 0.3) is 28.1 Å². The van der Waals surface area contributed by atoms with Crippen LogP contribution in [0.1, 0.15) is 5.56 Å². The normalized spacial score (nSPS) is 15.0. The summed E-state index contributed by atoms with van der Waals surface area (Å²) in [5, 5.41) is 13.9. The van der Waals surface area contributed by atoms with Crippen LogP contribution in [0.15, 0.2) is 85.1 Å². The molecule has 0 saturated carbocycles. The predicted molar refractivity (Wildman–Crippen MR) is 133 cm³/mol. The van der Waals surface area contributed by atoms with Crippen LogP contribution in [0.4, 0.5) is 4.39 Å². The monoisotopic (exact) mass is 456 g/mol. The van der Waals surface area contributed by atoms with Crippen molar-refractivity contribution in [1.29, 1.82) is 0 Å². The van der Waals surface area contributed by atoms with Gasteiger partial charge in [-0.25, -0.2) is 9.07 Å². The molecule has 174 valence electrons. The van der Waals surface area contributed by atoms with Crippen LogP contribution in [-0.2, 0) is 6.54 Å². The third-order valence-electron chi connectivity index (χ3n) is 6.47. The van der Waals surface area contributed by atoms with Gasteiger partial charge in [0.2, 0.25) is 0 Å². The topological polar surface area (TPSA) is 44.5 Å². The molecule has 6 heteroatoms. The van der Waals surface area contributed by atoms with E-state index >= 15 is 0 Å². The number of rotatable bonds is 7. The van der Waals surface area contributed by atoms with Gasteiger partial charge >= 0.3 is 0 Å². The van der Waals surface area contributed by atoms with Gasteiger partial charge in [-0.15, -0.1) is 0 Å². The molecule has 0 spiro atoms. The summed E-state index contributed by atoms with van der Waals surface area (Å²) in [6.45, 7) is 5.27. The second-order valence-electron chi connectivity index (χ2n) is 8.66. The summed E-state index contributed by atoms with van der Waals surface area (Å²) >= 11 is 0. The van der Waals surface area contributed by atoms with E-state index in [0.717, 1.165) is 54.3 Å². The summed E-state index contributed by atoms with van der Waals surface area (Å²) in [6.07, 6.45) is 1.87. The molecule has 2 heterocycles. The summed E-state index contributed by atoms with van der Waals surface area (Å²) in [7, 11) is 0. The average molecular weight is 457 g/mol. The second kappa shape index (κ2) is 10.3. The zero-order valence-electron chi connectivity index (χ0n) is 19.1. The number of nitrogens with zero attached hydrogens (tertiary/aromatic N) is 4. The molecule has 4 aromatic rings. The van der Waals surface area contributed by atoms with Crippen LogP contribution in [0.2, 0.25) is 0 Å². The number of β-amino-alcohol motifs (C(OH)–C–C–N with tert-alkyl or cyclic N) is 1. The predicted octanol–water partition coefficient (Wildman–Crippen LogP) is 4.46. The van der Waals surface area contributed by atoms with Crippen LogP contribution in [-0.4, -0.2) is 64.0 Å². The van der Waals surface area contributed by atoms with Gasteiger partial charge in [-0.3, -0.25) is 9.80 Å². The minimum atomic E-state index is -0.251. The van der Waals surface area contributed by atoms with Crippen molar-refractivity contribution in [2.75, 3.05) is 39.3 Å². The van der Waals surface area contributed by atoms with Crippen LogP contribution < -0.4 is 0 Å². The van der Waals surface area contributed by atoms with Gasteiger partial charge in [0.1, 0.15) is 5.82 Å². The zero-order valence-corrected chi connectivity index (χ0v) is 19.1. The van der Waals surface area contributed by atoms with E-state index in [-0.39, 0.29) is 12.4 Å². The summed E-state index contributed by atoms with van der Waals surface area (Å²) in [5.41, 5.74) is 5.55. The van der Waals surface area contributed by atoms with Crippen LogP contribution >= 0.6 is 0 Å². The molecule has 1 saturated heterocycles. The smallest absolute Gasteiger partial charge is 0.132 e.